The Morgan fingerprint density at radius 3 is 1.79 bits per heavy atom. The van der Waals surface area contributed by atoms with Gasteiger partial charge >= 0.3 is 0 Å². The summed E-state index contributed by atoms with van der Waals surface area (Å²) in [6, 6.07) is 15.9. The van der Waals surface area contributed by atoms with Crippen LogP contribution < -0.4 is 15.5 Å². The highest BCUT2D eigenvalue weighted by Gasteiger charge is 2.48. The maximum absolute atomic E-state index is 12.5. The second-order valence-electron chi connectivity index (χ2n) is 8.44. The van der Waals surface area contributed by atoms with Crippen molar-refractivity contribution >= 4 is 28.9 Å². The van der Waals surface area contributed by atoms with E-state index in [-0.39, 0.29) is 23.7 Å². The van der Waals surface area contributed by atoms with Crippen LogP contribution >= 0.6 is 0 Å². The Kier molecular flexibility index (Phi) is 5.56. The third kappa shape index (κ3) is 4.61. The third-order valence-electron chi connectivity index (χ3n) is 5.91. The molecule has 1 saturated carbocycles. The first-order valence-corrected chi connectivity index (χ1v) is 10.6. The molecule has 0 spiro atoms. The van der Waals surface area contributed by atoms with Gasteiger partial charge in [-0.2, -0.15) is 0 Å². The number of hydrogen-bond donors (Lipinski definition) is 2. The molecule has 1 saturated heterocycles. The zero-order valence-corrected chi connectivity index (χ0v) is 17.2. The van der Waals surface area contributed by atoms with Crippen LogP contribution in [-0.2, 0) is 9.59 Å². The van der Waals surface area contributed by atoms with Gasteiger partial charge in [0.1, 0.15) is 0 Å². The molecule has 1 heterocycles. The summed E-state index contributed by atoms with van der Waals surface area (Å²) in [4.78, 5) is 27.3. The summed E-state index contributed by atoms with van der Waals surface area (Å²) >= 11 is 0. The van der Waals surface area contributed by atoms with Crippen molar-refractivity contribution in [2.24, 2.45) is 11.8 Å². The van der Waals surface area contributed by atoms with E-state index in [1.807, 2.05) is 36.4 Å². The Balaban J connectivity index is 1.28. The van der Waals surface area contributed by atoms with Crippen molar-refractivity contribution < 1.29 is 9.59 Å². The second kappa shape index (κ2) is 8.27. The number of nitrogens with zero attached hydrogens (tertiary/aromatic N) is 1. The van der Waals surface area contributed by atoms with Gasteiger partial charge in [-0.05, 0) is 67.1 Å². The van der Waals surface area contributed by atoms with Gasteiger partial charge < -0.3 is 15.5 Å². The Hall–Kier alpha value is -2.82. The van der Waals surface area contributed by atoms with Crippen LogP contribution in [0.3, 0.4) is 0 Å². The van der Waals surface area contributed by atoms with E-state index < -0.39 is 0 Å². The largest absolute Gasteiger partial charge is 0.372 e. The molecule has 1 aliphatic carbocycles. The smallest absolute Gasteiger partial charge is 0.228 e. The summed E-state index contributed by atoms with van der Waals surface area (Å²) < 4.78 is 0. The van der Waals surface area contributed by atoms with Gasteiger partial charge in [0, 0.05) is 30.2 Å². The lowest BCUT2D eigenvalue weighted by Crippen LogP contribution is -2.21. The van der Waals surface area contributed by atoms with Crippen molar-refractivity contribution in [3.05, 3.63) is 54.1 Å². The van der Waals surface area contributed by atoms with Gasteiger partial charge in [0.25, 0.3) is 0 Å². The fourth-order valence-electron chi connectivity index (χ4n) is 3.93. The van der Waals surface area contributed by atoms with Gasteiger partial charge in [0.05, 0.1) is 11.8 Å². The van der Waals surface area contributed by atoms with Crippen molar-refractivity contribution in [2.45, 2.75) is 39.0 Å². The summed E-state index contributed by atoms with van der Waals surface area (Å²) in [5, 5.41) is 5.89. The first kappa shape index (κ1) is 19.5. The lowest BCUT2D eigenvalue weighted by Gasteiger charge is -2.17. The monoisotopic (exact) mass is 391 g/mol. The molecule has 152 valence electrons. The number of carbonyl (C=O) groups excluding carboxylic acids is 2. The van der Waals surface area contributed by atoms with Gasteiger partial charge in [-0.1, -0.05) is 26.0 Å². The number of benzene rings is 2. The Bertz CT molecular complexity index is 868. The molecule has 4 rings (SSSR count). The second-order valence-corrected chi connectivity index (χ2v) is 8.44. The van der Waals surface area contributed by atoms with E-state index in [2.05, 4.69) is 41.5 Å². The lowest BCUT2D eigenvalue weighted by atomic mass is 10.0. The normalized spacial score (nSPS) is 20.6. The fourth-order valence-corrected chi connectivity index (χ4v) is 3.93. The van der Waals surface area contributed by atoms with Gasteiger partial charge in [0.15, 0.2) is 0 Å². The molecule has 2 aliphatic rings. The molecule has 0 bridgehead atoms. The maximum Gasteiger partial charge on any atom is 0.228 e. The Labute approximate surface area is 172 Å². The average Bonchev–Trinajstić information content (AvgIpc) is 3.35. The number of nitrogens with one attached hydrogen (secondary N) is 2. The summed E-state index contributed by atoms with van der Waals surface area (Å²) in [6.45, 7) is 6.48. The molecule has 5 heteroatoms. The third-order valence-corrected chi connectivity index (χ3v) is 5.91. The first-order chi connectivity index (χ1) is 14.0. The minimum absolute atomic E-state index is 0.0748. The van der Waals surface area contributed by atoms with Crippen LogP contribution in [-0.4, -0.2) is 24.9 Å². The van der Waals surface area contributed by atoms with E-state index in [0.717, 1.165) is 24.5 Å². The SMILES string of the molecule is CC(C)c1ccc(NC(=O)C2CC2C(=O)Nc2ccc(N3CCCC3)cc2)cc1. The highest BCUT2D eigenvalue weighted by molar-refractivity contribution is 6.03. The predicted octanol–water partition coefficient (Wildman–Crippen LogP) is 4.62. The zero-order valence-electron chi connectivity index (χ0n) is 17.2. The minimum Gasteiger partial charge on any atom is -0.372 e. The molecule has 0 aromatic heterocycles. The molecular weight excluding hydrogens is 362 g/mol. The molecule has 2 atom stereocenters. The average molecular weight is 392 g/mol. The standard InChI is InChI=1S/C24H29N3O2/c1-16(2)17-5-7-18(8-6-17)25-23(28)21-15-22(21)24(29)26-19-9-11-20(12-10-19)27-13-3-4-14-27/h5-12,16,21-22H,3-4,13-15H2,1-2H3,(H,25,28)(H,26,29). The van der Waals surface area contributed by atoms with E-state index in [9.17, 15) is 9.59 Å². The topological polar surface area (TPSA) is 61.4 Å². The molecule has 5 nitrogen and oxygen atoms in total. The lowest BCUT2D eigenvalue weighted by molar-refractivity contribution is -0.122. The van der Waals surface area contributed by atoms with Gasteiger partial charge in [-0.25, -0.2) is 0 Å². The van der Waals surface area contributed by atoms with Crippen LogP contribution in [0.4, 0.5) is 17.1 Å². The molecule has 2 fully saturated rings. The van der Waals surface area contributed by atoms with Crippen LogP contribution in [0.15, 0.2) is 48.5 Å². The molecule has 2 unspecified atom stereocenters. The van der Waals surface area contributed by atoms with Crippen LogP contribution in [0.5, 0.6) is 0 Å². The van der Waals surface area contributed by atoms with Crippen LogP contribution in [0, 0.1) is 11.8 Å². The van der Waals surface area contributed by atoms with E-state index in [4.69, 9.17) is 0 Å². The number of rotatable bonds is 6. The van der Waals surface area contributed by atoms with Gasteiger partial charge in [-0.15, -0.1) is 0 Å². The van der Waals surface area contributed by atoms with Crippen molar-refractivity contribution in [1.82, 2.24) is 0 Å². The number of amides is 2. The number of hydrogen-bond acceptors (Lipinski definition) is 3. The van der Waals surface area contributed by atoms with Crippen molar-refractivity contribution in [1.29, 1.82) is 0 Å². The molecule has 0 radical (unpaired) electrons. The highest BCUT2D eigenvalue weighted by Crippen LogP contribution is 2.40. The van der Waals surface area contributed by atoms with Crippen molar-refractivity contribution in [3.63, 3.8) is 0 Å². The minimum atomic E-state index is -0.247. The Morgan fingerprint density at radius 1 is 0.828 bits per heavy atom. The van der Waals surface area contributed by atoms with Crippen LogP contribution in [0.25, 0.3) is 0 Å². The summed E-state index contributed by atoms with van der Waals surface area (Å²) in [6.07, 6.45) is 3.09. The number of carbonyl (C=O) groups is 2. The van der Waals surface area contributed by atoms with Gasteiger partial charge in [0.2, 0.25) is 11.8 Å². The number of anilines is 3. The summed E-state index contributed by atoms with van der Waals surface area (Å²) in [7, 11) is 0. The van der Waals surface area contributed by atoms with Crippen molar-refractivity contribution in [3.8, 4) is 0 Å². The van der Waals surface area contributed by atoms with Crippen LogP contribution in [0.1, 0.15) is 44.6 Å². The van der Waals surface area contributed by atoms with E-state index in [1.54, 1.807) is 0 Å². The summed E-state index contributed by atoms with van der Waals surface area (Å²) in [5.41, 5.74) is 4.01. The van der Waals surface area contributed by atoms with E-state index >= 15 is 0 Å². The van der Waals surface area contributed by atoms with Gasteiger partial charge in [-0.3, -0.25) is 9.59 Å². The van der Waals surface area contributed by atoms with E-state index in [1.165, 1.54) is 24.1 Å². The first-order valence-electron chi connectivity index (χ1n) is 10.6. The molecule has 2 amide bonds. The highest BCUT2D eigenvalue weighted by atomic mass is 16.2. The zero-order chi connectivity index (χ0) is 20.4. The van der Waals surface area contributed by atoms with Crippen molar-refractivity contribution in [2.75, 3.05) is 28.6 Å². The summed E-state index contributed by atoms with van der Waals surface area (Å²) in [5.74, 6) is -0.187. The van der Waals surface area contributed by atoms with Crippen LogP contribution in [0.2, 0.25) is 0 Å². The molecule has 2 N–H and O–H groups in total. The van der Waals surface area contributed by atoms with E-state index in [0.29, 0.717) is 12.3 Å². The molecule has 2 aromatic carbocycles. The predicted molar refractivity (Wildman–Crippen MR) is 117 cm³/mol. The molecule has 29 heavy (non-hydrogen) atoms. The maximum atomic E-state index is 12.5. The molecule has 1 aliphatic heterocycles. The molecule has 2 aromatic rings. The fraction of sp³-hybridized carbons (Fsp3) is 0.417. The quantitative estimate of drug-likeness (QED) is 0.755. The Morgan fingerprint density at radius 2 is 1.31 bits per heavy atom. The molecular formula is C24H29N3O2.